The number of thiophene rings is 1. The number of hydrogen-bond donors (Lipinski definition) is 0. The fraction of sp³-hybridized carbons (Fsp3) is 0.643. The molecule has 0 aliphatic carbocycles. The molecule has 3 nitrogen and oxygen atoms in total. The van der Waals surface area contributed by atoms with Crippen molar-refractivity contribution in [1.82, 2.24) is 4.90 Å². The molecule has 102 valence electrons. The van der Waals surface area contributed by atoms with E-state index in [1.807, 2.05) is 13.8 Å². The quantitative estimate of drug-likeness (QED) is 0.744. The highest BCUT2D eigenvalue weighted by atomic mass is 32.1. The van der Waals surface area contributed by atoms with Crippen LogP contribution in [0.25, 0.3) is 0 Å². The number of hydrogen-bond acceptors (Lipinski definition) is 4. The van der Waals surface area contributed by atoms with Crippen molar-refractivity contribution in [3.63, 3.8) is 0 Å². The Labute approximate surface area is 114 Å². The molecule has 0 spiro atoms. The van der Waals surface area contributed by atoms with Crippen LogP contribution in [-0.4, -0.2) is 37.6 Å². The maximum Gasteiger partial charge on any atom is 0.312 e. The van der Waals surface area contributed by atoms with Gasteiger partial charge in [-0.2, -0.15) is 0 Å². The van der Waals surface area contributed by atoms with E-state index in [0.29, 0.717) is 12.6 Å². The molecule has 1 heterocycles. The van der Waals surface area contributed by atoms with Crippen LogP contribution in [0.5, 0.6) is 0 Å². The maximum absolute atomic E-state index is 11.7. The normalized spacial score (nSPS) is 13.7. The van der Waals surface area contributed by atoms with Gasteiger partial charge in [0.25, 0.3) is 0 Å². The molecule has 1 aromatic rings. The minimum absolute atomic E-state index is 0.155. The lowest BCUT2D eigenvalue weighted by atomic mass is 9.92. The summed E-state index contributed by atoms with van der Waals surface area (Å²) < 4.78 is 4.84. The van der Waals surface area contributed by atoms with E-state index in [1.54, 1.807) is 11.3 Å². The zero-order valence-corrected chi connectivity index (χ0v) is 12.7. The number of methoxy groups -OCH3 is 1. The second kappa shape index (κ2) is 6.34. The number of rotatable bonds is 6. The fourth-order valence-corrected chi connectivity index (χ4v) is 2.82. The zero-order chi connectivity index (χ0) is 13.8. The van der Waals surface area contributed by atoms with Crippen LogP contribution in [0.2, 0.25) is 0 Å². The lowest BCUT2D eigenvalue weighted by Gasteiger charge is -2.31. The van der Waals surface area contributed by atoms with E-state index in [1.165, 1.54) is 12.0 Å². The number of nitrogens with zero attached hydrogens (tertiary/aromatic N) is 1. The van der Waals surface area contributed by atoms with Crippen LogP contribution in [0.3, 0.4) is 0 Å². The zero-order valence-electron chi connectivity index (χ0n) is 11.9. The van der Waals surface area contributed by atoms with Gasteiger partial charge in [-0.15, -0.1) is 11.3 Å². The van der Waals surface area contributed by atoms with Crippen molar-refractivity contribution < 1.29 is 9.53 Å². The second-order valence-corrected chi connectivity index (χ2v) is 6.46. The van der Waals surface area contributed by atoms with Gasteiger partial charge in [0.05, 0.1) is 12.5 Å². The van der Waals surface area contributed by atoms with Crippen LogP contribution >= 0.6 is 11.3 Å². The molecule has 0 saturated heterocycles. The van der Waals surface area contributed by atoms with E-state index in [4.69, 9.17) is 4.74 Å². The van der Waals surface area contributed by atoms with Crippen molar-refractivity contribution in [3.8, 4) is 0 Å². The molecule has 0 aliphatic heterocycles. The van der Waals surface area contributed by atoms with E-state index >= 15 is 0 Å². The highest BCUT2D eigenvalue weighted by Crippen LogP contribution is 2.21. The van der Waals surface area contributed by atoms with Crippen molar-refractivity contribution in [3.05, 3.63) is 22.4 Å². The molecule has 1 rings (SSSR count). The SMILES string of the molecule is COC(=O)C(C)(C)CN(C)C(C)Cc1cccs1. The summed E-state index contributed by atoms with van der Waals surface area (Å²) in [5.41, 5.74) is -0.465. The number of carbonyl (C=O) groups excluding carboxylic acids is 1. The fourth-order valence-electron chi connectivity index (χ4n) is 2.00. The van der Waals surface area contributed by atoms with Gasteiger partial charge in [-0.05, 0) is 45.7 Å². The highest BCUT2D eigenvalue weighted by Gasteiger charge is 2.31. The smallest absolute Gasteiger partial charge is 0.312 e. The summed E-state index contributed by atoms with van der Waals surface area (Å²) in [6.45, 7) is 6.74. The molecule has 1 aromatic heterocycles. The number of carbonyl (C=O) groups is 1. The molecule has 0 fully saturated rings. The van der Waals surface area contributed by atoms with Crippen molar-refractivity contribution in [2.75, 3.05) is 20.7 Å². The summed E-state index contributed by atoms with van der Waals surface area (Å²) in [5, 5.41) is 2.10. The molecule has 0 bridgehead atoms. The van der Waals surface area contributed by atoms with E-state index in [-0.39, 0.29) is 5.97 Å². The predicted octanol–water partition coefficient (Wildman–Crippen LogP) is 2.81. The van der Waals surface area contributed by atoms with Gasteiger partial charge in [0.2, 0.25) is 0 Å². The van der Waals surface area contributed by atoms with Gasteiger partial charge < -0.3 is 9.64 Å². The van der Waals surface area contributed by atoms with Gasteiger partial charge in [-0.1, -0.05) is 6.07 Å². The molecule has 0 N–H and O–H groups in total. The molecule has 4 heteroatoms. The molecule has 0 aliphatic rings. The Kier molecular flexibility index (Phi) is 5.35. The van der Waals surface area contributed by atoms with Crippen LogP contribution in [0.1, 0.15) is 25.6 Å². The first-order valence-electron chi connectivity index (χ1n) is 6.18. The van der Waals surface area contributed by atoms with Crippen molar-refractivity contribution in [1.29, 1.82) is 0 Å². The lowest BCUT2D eigenvalue weighted by Crippen LogP contribution is -2.42. The van der Waals surface area contributed by atoms with Crippen molar-refractivity contribution >= 4 is 17.3 Å². The van der Waals surface area contributed by atoms with E-state index in [9.17, 15) is 4.79 Å². The van der Waals surface area contributed by atoms with Crippen molar-refractivity contribution in [2.45, 2.75) is 33.2 Å². The standard InChI is InChI=1S/C14H23NO2S/c1-11(9-12-7-6-8-18-12)15(4)10-14(2,3)13(16)17-5/h6-8,11H,9-10H2,1-5H3. The molecule has 0 saturated carbocycles. The highest BCUT2D eigenvalue weighted by molar-refractivity contribution is 7.09. The Morgan fingerprint density at radius 1 is 1.56 bits per heavy atom. The number of likely N-dealkylation sites (N-methyl/N-ethyl adjacent to an activating group) is 1. The van der Waals surface area contributed by atoms with Gasteiger partial charge in [-0.25, -0.2) is 0 Å². The molecule has 1 atom stereocenters. The van der Waals surface area contributed by atoms with Crippen LogP contribution in [0, 0.1) is 5.41 Å². The Hall–Kier alpha value is -0.870. The van der Waals surface area contributed by atoms with Crippen molar-refractivity contribution in [2.24, 2.45) is 5.41 Å². The minimum atomic E-state index is -0.465. The first-order chi connectivity index (χ1) is 8.36. The number of ether oxygens (including phenoxy) is 1. The largest absolute Gasteiger partial charge is 0.469 e. The average Bonchev–Trinajstić information content (AvgIpc) is 2.79. The Morgan fingerprint density at radius 3 is 2.72 bits per heavy atom. The Bertz CT molecular complexity index is 373. The van der Waals surface area contributed by atoms with Crippen LogP contribution in [0.4, 0.5) is 0 Å². The molecular weight excluding hydrogens is 246 g/mol. The molecular formula is C14H23NO2S. The average molecular weight is 269 g/mol. The lowest BCUT2D eigenvalue weighted by molar-refractivity contribution is -0.151. The van der Waals surface area contributed by atoms with Gasteiger partial charge >= 0.3 is 5.97 Å². The van der Waals surface area contributed by atoms with Gasteiger partial charge in [0.1, 0.15) is 0 Å². The van der Waals surface area contributed by atoms with Gasteiger partial charge in [0, 0.05) is 17.5 Å². The topological polar surface area (TPSA) is 29.5 Å². The van der Waals surface area contributed by atoms with E-state index in [0.717, 1.165) is 6.42 Å². The summed E-state index contributed by atoms with van der Waals surface area (Å²) in [6, 6.07) is 4.64. The molecule has 1 unspecified atom stereocenters. The monoisotopic (exact) mass is 269 g/mol. The van der Waals surface area contributed by atoms with E-state index in [2.05, 4.69) is 36.4 Å². The molecule has 0 aromatic carbocycles. The molecule has 0 radical (unpaired) electrons. The third-order valence-electron chi connectivity index (χ3n) is 3.21. The molecule has 18 heavy (non-hydrogen) atoms. The number of esters is 1. The Morgan fingerprint density at radius 2 is 2.22 bits per heavy atom. The summed E-state index contributed by atoms with van der Waals surface area (Å²) in [4.78, 5) is 15.3. The predicted molar refractivity (Wildman–Crippen MR) is 75.9 cm³/mol. The van der Waals surface area contributed by atoms with Crippen LogP contribution in [-0.2, 0) is 16.0 Å². The summed E-state index contributed by atoms with van der Waals surface area (Å²) in [6.07, 6.45) is 1.02. The van der Waals surface area contributed by atoms with E-state index < -0.39 is 5.41 Å². The second-order valence-electron chi connectivity index (χ2n) is 5.42. The van der Waals surface area contributed by atoms with Gasteiger partial charge in [-0.3, -0.25) is 4.79 Å². The Balaban J connectivity index is 2.54. The third kappa shape index (κ3) is 4.10. The summed E-state index contributed by atoms with van der Waals surface area (Å²) in [7, 11) is 3.50. The third-order valence-corrected chi connectivity index (χ3v) is 4.11. The first kappa shape index (κ1) is 15.2. The maximum atomic E-state index is 11.7. The van der Waals surface area contributed by atoms with Crippen LogP contribution in [0.15, 0.2) is 17.5 Å². The summed E-state index contributed by atoms with van der Waals surface area (Å²) >= 11 is 1.78. The first-order valence-corrected chi connectivity index (χ1v) is 7.06. The molecule has 0 amide bonds. The minimum Gasteiger partial charge on any atom is -0.469 e. The van der Waals surface area contributed by atoms with Gasteiger partial charge in [0.15, 0.2) is 0 Å². The van der Waals surface area contributed by atoms with Crippen LogP contribution < -0.4 is 0 Å². The summed E-state index contributed by atoms with van der Waals surface area (Å²) in [5.74, 6) is -0.155.